The second kappa shape index (κ2) is 4.91. The van der Waals surface area contributed by atoms with E-state index in [0.717, 1.165) is 21.3 Å². The van der Waals surface area contributed by atoms with Gasteiger partial charge in [0.15, 0.2) is 0 Å². The maximum absolute atomic E-state index is 5.35. The molecule has 0 aliphatic heterocycles. The molecular weight excluding hydrogens is 258 g/mol. The van der Waals surface area contributed by atoms with E-state index in [1.54, 1.807) is 11.8 Å². The predicted octanol–water partition coefficient (Wildman–Crippen LogP) is 2.70. The molecule has 96 valence electrons. The minimum atomic E-state index is 0.429. The Kier molecular flexibility index (Phi) is 3.10. The molecule has 19 heavy (non-hydrogen) atoms. The van der Waals surface area contributed by atoms with Crippen LogP contribution in [0.1, 0.15) is 5.69 Å². The van der Waals surface area contributed by atoms with Crippen LogP contribution in [0.3, 0.4) is 0 Å². The highest BCUT2D eigenvalue weighted by Crippen LogP contribution is 2.29. The van der Waals surface area contributed by atoms with Gasteiger partial charge in [-0.15, -0.1) is 0 Å². The van der Waals surface area contributed by atoms with E-state index in [9.17, 15) is 0 Å². The van der Waals surface area contributed by atoms with Crippen LogP contribution in [0.25, 0.3) is 10.9 Å². The van der Waals surface area contributed by atoms with E-state index in [1.807, 2.05) is 25.1 Å². The van der Waals surface area contributed by atoms with Gasteiger partial charge < -0.3 is 4.98 Å². The average molecular weight is 271 g/mol. The van der Waals surface area contributed by atoms with Crippen LogP contribution in [-0.4, -0.2) is 15.0 Å². The molecule has 5 nitrogen and oxygen atoms in total. The normalized spacial score (nSPS) is 10.8. The fraction of sp³-hybridized carbons (Fsp3) is 0.0769. The molecule has 0 bridgehead atoms. The van der Waals surface area contributed by atoms with Crippen LogP contribution in [0.2, 0.25) is 0 Å². The van der Waals surface area contributed by atoms with Gasteiger partial charge in [-0.1, -0.05) is 30.0 Å². The minimum absolute atomic E-state index is 0.429. The van der Waals surface area contributed by atoms with Gasteiger partial charge in [0, 0.05) is 16.6 Å². The summed E-state index contributed by atoms with van der Waals surface area (Å²) in [4.78, 5) is 11.8. The van der Waals surface area contributed by atoms with E-state index in [-0.39, 0.29) is 0 Å². The van der Waals surface area contributed by atoms with Crippen molar-refractivity contribution < 1.29 is 0 Å². The predicted molar refractivity (Wildman–Crippen MR) is 77.0 cm³/mol. The minimum Gasteiger partial charge on any atom is -0.349 e. The van der Waals surface area contributed by atoms with E-state index in [4.69, 9.17) is 5.84 Å². The molecule has 3 rings (SSSR count). The summed E-state index contributed by atoms with van der Waals surface area (Å²) in [5.41, 5.74) is 4.47. The molecule has 0 amide bonds. The lowest BCUT2D eigenvalue weighted by molar-refractivity contribution is 0.992. The smallest absolute Gasteiger partial charge is 0.238 e. The van der Waals surface area contributed by atoms with Crippen LogP contribution in [0, 0.1) is 6.92 Å². The molecule has 4 N–H and O–H groups in total. The number of rotatable bonds is 3. The third kappa shape index (κ3) is 2.54. The number of aromatic nitrogens is 3. The highest BCUT2D eigenvalue weighted by atomic mass is 32.2. The van der Waals surface area contributed by atoms with Crippen molar-refractivity contribution >= 4 is 28.6 Å². The lowest BCUT2D eigenvalue weighted by Crippen LogP contribution is -2.11. The number of nitrogens with two attached hydrogens (primary N) is 1. The molecule has 0 aliphatic carbocycles. The van der Waals surface area contributed by atoms with Crippen LogP contribution in [0.4, 0.5) is 5.95 Å². The van der Waals surface area contributed by atoms with Crippen molar-refractivity contribution in [2.24, 2.45) is 5.84 Å². The number of aryl methyl sites for hydroxylation is 1. The summed E-state index contributed by atoms with van der Waals surface area (Å²) in [6.45, 7) is 1.91. The summed E-state index contributed by atoms with van der Waals surface area (Å²) in [6.07, 6.45) is 0. The van der Waals surface area contributed by atoms with Gasteiger partial charge in [-0.05, 0) is 25.1 Å². The number of benzene rings is 1. The largest absolute Gasteiger partial charge is 0.349 e. The summed E-state index contributed by atoms with van der Waals surface area (Å²) in [7, 11) is 0. The maximum Gasteiger partial charge on any atom is 0.238 e. The lowest BCUT2D eigenvalue weighted by atomic mass is 10.3. The van der Waals surface area contributed by atoms with Gasteiger partial charge in [0.25, 0.3) is 0 Å². The molecule has 0 saturated heterocycles. The molecule has 0 spiro atoms. The summed E-state index contributed by atoms with van der Waals surface area (Å²) in [6, 6.07) is 12.2. The number of H-pyrrole nitrogens is 1. The molecule has 0 aliphatic rings. The van der Waals surface area contributed by atoms with Crippen molar-refractivity contribution in [1.29, 1.82) is 0 Å². The number of hydrazine groups is 1. The molecule has 2 aromatic heterocycles. The molecule has 0 fully saturated rings. The van der Waals surface area contributed by atoms with Crippen LogP contribution in [0.5, 0.6) is 0 Å². The Labute approximate surface area is 114 Å². The molecule has 2 heterocycles. The third-order valence-electron chi connectivity index (χ3n) is 2.68. The van der Waals surface area contributed by atoms with Gasteiger partial charge in [-0.3, -0.25) is 5.43 Å². The standard InChI is InChI=1S/C13H13N5S/c1-8-6-11(17-13(15-8)18-14)19-12-7-9-4-2-3-5-10(9)16-12/h2-7,16H,14H2,1H3,(H,15,17,18). The zero-order chi connectivity index (χ0) is 13.2. The first-order valence-electron chi connectivity index (χ1n) is 5.82. The first-order valence-corrected chi connectivity index (χ1v) is 6.64. The maximum atomic E-state index is 5.35. The van der Waals surface area contributed by atoms with Gasteiger partial charge in [0.05, 0.1) is 5.03 Å². The summed E-state index contributed by atoms with van der Waals surface area (Å²) in [5, 5.41) is 3.09. The van der Waals surface area contributed by atoms with E-state index in [2.05, 4.69) is 38.6 Å². The number of anilines is 1. The molecule has 6 heteroatoms. The van der Waals surface area contributed by atoms with Crippen LogP contribution in [-0.2, 0) is 0 Å². The number of nitrogens with one attached hydrogen (secondary N) is 2. The van der Waals surface area contributed by atoms with Crippen LogP contribution >= 0.6 is 11.8 Å². The Morgan fingerprint density at radius 2 is 2.05 bits per heavy atom. The van der Waals surface area contributed by atoms with Gasteiger partial charge in [0.2, 0.25) is 5.95 Å². The topological polar surface area (TPSA) is 79.6 Å². The number of aromatic amines is 1. The van der Waals surface area contributed by atoms with E-state index in [0.29, 0.717) is 5.95 Å². The second-order valence-corrected chi connectivity index (χ2v) is 5.20. The van der Waals surface area contributed by atoms with Gasteiger partial charge in [-0.25, -0.2) is 15.8 Å². The molecule has 0 radical (unpaired) electrons. The van der Waals surface area contributed by atoms with Gasteiger partial charge in [0.1, 0.15) is 5.03 Å². The molecule has 1 aromatic carbocycles. The second-order valence-electron chi connectivity index (χ2n) is 4.14. The zero-order valence-corrected chi connectivity index (χ0v) is 11.2. The molecule has 0 saturated carbocycles. The summed E-state index contributed by atoms with van der Waals surface area (Å²) >= 11 is 1.55. The first kappa shape index (κ1) is 12.0. The Balaban J connectivity index is 1.94. The fourth-order valence-corrected chi connectivity index (χ4v) is 2.80. The summed E-state index contributed by atoms with van der Waals surface area (Å²) < 4.78 is 0. The van der Waals surface area contributed by atoms with E-state index < -0.39 is 0 Å². The number of fused-ring (bicyclic) bond motifs is 1. The SMILES string of the molecule is Cc1cc(Sc2cc3ccccc3[nH]2)nc(NN)n1. The van der Waals surface area contributed by atoms with Crippen molar-refractivity contribution in [1.82, 2.24) is 15.0 Å². The highest BCUT2D eigenvalue weighted by Gasteiger charge is 2.06. The van der Waals surface area contributed by atoms with E-state index in [1.165, 1.54) is 5.39 Å². The van der Waals surface area contributed by atoms with Crippen molar-refractivity contribution in [2.45, 2.75) is 17.0 Å². The van der Waals surface area contributed by atoms with Crippen molar-refractivity contribution in [2.75, 3.05) is 5.43 Å². The monoisotopic (exact) mass is 271 g/mol. The van der Waals surface area contributed by atoms with Crippen molar-refractivity contribution in [3.63, 3.8) is 0 Å². The number of nitrogens with zero attached hydrogens (tertiary/aromatic N) is 2. The van der Waals surface area contributed by atoms with Gasteiger partial charge in [-0.2, -0.15) is 0 Å². The Morgan fingerprint density at radius 3 is 2.84 bits per heavy atom. The van der Waals surface area contributed by atoms with Crippen LogP contribution in [0.15, 0.2) is 46.5 Å². The Bertz CT molecular complexity index is 689. The number of para-hydroxylation sites is 1. The Hall–Kier alpha value is -2.05. The number of hydrogen-bond acceptors (Lipinski definition) is 5. The molecule has 3 aromatic rings. The highest BCUT2D eigenvalue weighted by molar-refractivity contribution is 7.99. The van der Waals surface area contributed by atoms with Crippen LogP contribution < -0.4 is 11.3 Å². The number of nitrogen functional groups attached to an aromatic ring is 1. The first-order chi connectivity index (χ1) is 9.24. The molecule has 0 atom stereocenters. The molecular formula is C13H13N5S. The Morgan fingerprint density at radius 1 is 1.21 bits per heavy atom. The molecule has 0 unspecified atom stereocenters. The number of hydrogen-bond donors (Lipinski definition) is 3. The van der Waals surface area contributed by atoms with Gasteiger partial charge >= 0.3 is 0 Å². The van der Waals surface area contributed by atoms with Crippen molar-refractivity contribution in [3.8, 4) is 0 Å². The van der Waals surface area contributed by atoms with Crippen molar-refractivity contribution in [3.05, 3.63) is 42.1 Å². The van der Waals surface area contributed by atoms with E-state index >= 15 is 0 Å². The third-order valence-corrected chi connectivity index (χ3v) is 3.54. The fourth-order valence-electron chi connectivity index (χ4n) is 1.87. The zero-order valence-electron chi connectivity index (χ0n) is 10.3. The average Bonchev–Trinajstić information content (AvgIpc) is 2.80. The quantitative estimate of drug-likeness (QED) is 0.388. The summed E-state index contributed by atoms with van der Waals surface area (Å²) in [5.74, 6) is 5.78. The lowest BCUT2D eigenvalue weighted by Gasteiger charge is -2.03.